The highest BCUT2D eigenvalue weighted by molar-refractivity contribution is 9.12. The van der Waals surface area contributed by atoms with Crippen LogP contribution in [0.3, 0.4) is 0 Å². The molecular formula is C13H3BrCl2F3N3O. The minimum Gasteiger partial charge on any atom is -0.406 e. The van der Waals surface area contributed by atoms with Crippen molar-refractivity contribution in [3.05, 3.63) is 39.6 Å². The second-order valence-corrected chi connectivity index (χ2v) is 5.14. The predicted octanol–water partition coefficient (Wildman–Crippen LogP) is 4.65. The smallest absolute Gasteiger partial charge is 0.406 e. The van der Waals surface area contributed by atoms with E-state index in [1.54, 1.807) is 0 Å². The van der Waals surface area contributed by atoms with Crippen LogP contribution in [-0.2, 0) is 0 Å². The Hall–Kier alpha value is -1.87. The van der Waals surface area contributed by atoms with Gasteiger partial charge in [0.2, 0.25) is 0 Å². The fourth-order valence-corrected chi connectivity index (χ4v) is 2.55. The highest BCUT2D eigenvalue weighted by Crippen LogP contribution is 2.36. The summed E-state index contributed by atoms with van der Waals surface area (Å²) in [4.78, 5) is 2.43. The number of rotatable bonds is 2. The van der Waals surface area contributed by atoms with Crippen LogP contribution in [0.1, 0.15) is 11.3 Å². The van der Waals surface area contributed by atoms with Crippen molar-refractivity contribution in [1.82, 2.24) is 9.78 Å². The van der Waals surface area contributed by atoms with Gasteiger partial charge in [0.1, 0.15) is 17.5 Å². The van der Waals surface area contributed by atoms with E-state index in [1.165, 1.54) is 6.20 Å². The van der Waals surface area contributed by atoms with Crippen LogP contribution in [0.5, 0.6) is 5.75 Å². The summed E-state index contributed by atoms with van der Waals surface area (Å²) in [7, 11) is 0. The molecule has 10 heteroatoms. The highest BCUT2D eigenvalue weighted by atomic mass is 79.9. The second-order valence-electron chi connectivity index (χ2n) is 3.93. The number of hydrogen-bond acceptors (Lipinski definition) is 3. The maximum Gasteiger partial charge on any atom is 0.573 e. The number of aromatic nitrogens is 2. The summed E-state index contributed by atoms with van der Waals surface area (Å²) < 4.78 is 41.6. The van der Waals surface area contributed by atoms with E-state index in [-0.39, 0.29) is 21.4 Å². The van der Waals surface area contributed by atoms with E-state index < -0.39 is 12.1 Å². The molecule has 0 aliphatic heterocycles. The average Bonchev–Trinajstić information content (AvgIpc) is 2.79. The Kier molecular flexibility index (Phi) is 5.10. The first-order valence-corrected chi connectivity index (χ1v) is 7.16. The normalized spacial score (nSPS) is 10.7. The van der Waals surface area contributed by atoms with Gasteiger partial charge in [-0.2, -0.15) is 10.4 Å². The molecule has 0 atom stereocenters. The van der Waals surface area contributed by atoms with Gasteiger partial charge in [-0.25, -0.2) is 4.68 Å². The van der Waals surface area contributed by atoms with Gasteiger partial charge in [-0.05, 0) is 10.8 Å². The van der Waals surface area contributed by atoms with Crippen molar-refractivity contribution in [3.8, 4) is 28.3 Å². The molecule has 1 aromatic carbocycles. The molecule has 23 heavy (non-hydrogen) atoms. The lowest BCUT2D eigenvalue weighted by Crippen LogP contribution is -2.17. The molecule has 1 aromatic heterocycles. The lowest BCUT2D eigenvalue weighted by Gasteiger charge is -2.13. The Morgan fingerprint density at radius 2 is 1.87 bits per heavy atom. The molecule has 0 unspecified atom stereocenters. The van der Waals surface area contributed by atoms with Crippen molar-refractivity contribution in [1.29, 1.82) is 5.26 Å². The van der Waals surface area contributed by atoms with Crippen LogP contribution in [0.25, 0.3) is 5.69 Å². The standard InChI is InChI=1S/C13H3BrCl2F3N3O/c14-2-1-7-6-21-22(11(7)5-20)12-9(15)3-8(4-10(12)16)23-13(17,18)19/h3-4,6H. The van der Waals surface area contributed by atoms with Crippen LogP contribution in [-0.4, -0.2) is 16.1 Å². The van der Waals surface area contributed by atoms with E-state index in [2.05, 4.69) is 36.5 Å². The maximum absolute atomic E-state index is 12.2. The van der Waals surface area contributed by atoms with Crippen molar-refractivity contribution >= 4 is 39.1 Å². The molecule has 2 aromatic rings. The van der Waals surface area contributed by atoms with Crippen molar-refractivity contribution in [2.24, 2.45) is 0 Å². The Morgan fingerprint density at radius 1 is 1.26 bits per heavy atom. The molecule has 0 amide bonds. The third-order valence-corrected chi connectivity index (χ3v) is 3.27. The van der Waals surface area contributed by atoms with Gasteiger partial charge in [0.15, 0.2) is 5.69 Å². The molecule has 0 saturated carbocycles. The van der Waals surface area contributed by atoms with Gasteiger partial charge in [-0.3, -0.25) is 0 Å². The van der Waals surface area contributed by atoms with Crippen molar-refractivity contribution in [2.45, 2.75) is 6.36 Å². The zero-order chi connectivity index (χ0) is 17.2. The van der Waals surface area contributed by atoms with Gasteiger partial charge in [0.25, 0.3) is 0 Å². The summed E-state index contributed by atoms with van der Waals surface area (Å²) in [5.74, 6) is 2.02. The van der Waals surface area contributed by atoms with Gasteiger partial charge in [-0.15, -0.1) is 13.2 Å². The lowest BCUT2D eigenvalue weighted by atomic mass is 10.2. The van der Waals surface area contributed by atoms with Crippen LogP contribution < -0.4 is 4.74 Å². The summed E-state index contributed by atoms with van der Waals surface area (Å²) in [6, 6.07) is 3.73. The van der Waals surface area contributed by atoms with Gasteiger partial charge in [0, 0.05) is 28.1 Å². The first-order chi connectivity index (χ1) is 10.8. The number of nitrogens with zero attached hydrogens (tertiary/aromatic N) is 3. The maximum atomic E-state index is 12.2. The molecule has 0 aliphatic rings. The van der Waals surface area contributed by atoms with Crippen LogP contribution in [0.4, 0.5) is 13.2 Å². The topological polar surface area (TPSA) is 50.8 Å². The van der Waals surface area contributed by atoms with Crippen LogP contribution in [0.15, 0.2) is 18.3 Å². The van der Waals surface area contributed by atoms with Crippen molar-refractivity contribution in [2.75, 3.05) is 0 Å². The van der Waals surface area contributed by atoms with Gasteiger partial charge < -0.3 is 4.74 Å². The molecular weight excluding hydrogens is 422 g/mol. The number of nitriles is 1. The predicted molar refractivity (Wildman–Crippen MR) is 80.8 cm³/mol. The minimum absolute atomic E-state index is 0.0326. The first-order valence-electron chi connectivity index (χ1n) is 5.61. The molecule has 0 saturated heterocycles. The Balaban J connectivity index is 2.57. The fourth-order valence-electron chi connectivity index (χ4n) is 1.71. The van der Waals surface area contributed by atoms with E-state index in [9.17, 15) is 18.4 Å². The Bertz CT molecular complexity index is 839. The molecule has 0 radical (unpaired) electrons. The van der Waals surface area contributed by atoms with Gasteiger partial charge in [0.05, 0.1) is 21.8 Å². The number of hydrogen-bond donors (Lipinski definition) is 0. The number of alkyl halides is 3. The largest absolute Gasteiger partial charge is 0.573 e. The molecule has 0 fully saturated rings. The van der Waals surface area contributed by atoms with Crippen LogP contribution in [0.2, 0.25) is 10.0 Å². The summed E-state index contributed by atoms with van der Waals surface area (Å²) in [6.45, 7) is 0. The van der Waals surface area contributed by atoms with Gasteiger partial charge in [-0.1, -0.05) is 23.2 Å². The van der Waals surface area contributed by atoms with Crippen LogP contribution >= 0.6 is 39.1 Å². The van der Waals surface area contributed by atoms with E-state index in [4.69, 9.17) is 23.2 Å². The Labute approximate surface area is 146 Å². The lowest BCUT2D eigenvalue weighted by molar-refractivity contribution is -0.274. The highest BCUT2D eigenvalue weighted by Gasteiger charge is 2.32. The number of halogens is 6. The minimum atomic E-state index is -4.88. The Morgan fingerprint density at radius 3 is 2.35 bits per heavy atom. The first kappa shape index (κ1) is 17.5. The molecule has 0 aliphatic carbocycles. The molecule has 0 N–H and O–H groups in total. The zero-order valence-corrected chi connectivity index (χ0v) is 13.8. The van der Waals surface area contributed by atoms with E-state index in [0.29, 0.717) is 5.56 Å². The monoisotopic (exact) mass is 423 g/mol. The molecule has 2 rings (SSSR count). The third-order valence-electron chi connectivity index (χ3n) is 2.49. The molecule has 1 heterocycles. The van der Waals surface area contributed by atoms with E-state index in [0.717, 1.165) is 16.8 Å². The third kappa shape index (κ3) is 3.91. The SMILES string of the molecule is N#Cc1c(C#CBr)cnn1-c1c(Cl)cc(OC(F)(F)F)cc1Cl. The van der Waals surface area contributed by atoms with E-state index in [1.807, 2.05) is 6.07 Å². The van der Waals surface area contributed by atoms with Crippen molar-refractivity contribution in [3.63, 3.8) is 0 Å². The summed E-state index contributed by atoms with van der Waals surface area (Å²) in [5.41, 5.74) is 0.374. The fraction of sp³-hybridized carbons (Fsp3) is 0.0769. The van der Waals surface area contributed by atoms with Crippen molar-refractivity contribution < 1.29 is 17.9 Å². The van der Waals surface area contributed by atoms with Gasteiger partial charge >= 0.3 is 6.36 Å². The number of benzene rings is 1. The molecule has 0 bridgehead atoms. The zero-order valence-electron chi connectivity index (χ0n) is 10.7. The summed E-state index contributed by atoms with van der Waals surface area (Å²) in [6.07, 6.45) is -3.57. The van der Waals surface area contributed by atoms with Crippen LogP contribution in [0, 0.1) is 22.1 Å². The second kappa shape index (κ2) is 6.71. The quantitative estimate of drug-likeness (QED) is 0.659. The average molecular weight is 425 g/mol. The molecule has 118 valence electrons. The number of ether oxygens (including phenoxy) is 1. The molecule has 4 nitrogen and oxygen atoms in total. The summed E-state index contributed by atoms with van der Waals surface area (Å²) in [5, 5.41) is 12.8. The molecule has 0 spiro atoms. The van der Waals surface area contributed by atoms with E-state index >= 15 is 0 Å². The summed E-state index contributed by atoms with van der Waals surface area (Å²) >= 11 is 14.8.